The number of benzene rings is 6. The molecule has 0 atom stereocenters. The van der Waals surface area contributed by atoms with E-state index >= 15 is 0 Å². The number of anilines is 3. The summed E-state index contributed by atoms with van der Waals surface area (Å²) in [5.74, 6) is 3.35. The maximum Gasteiger partial charge on any atom is 0.0543 e. The fraction of sp³-hybridized carbons (Fsp3) is 0.346. The smallest absolute Gasteiger partial charge is 0.0543 e. The van der Waals surface area contributed by atoms with Crippen molar-refractivity contribution in [2.45, 2.75) is 88.9 Å². The summed E-state index contributed by atoms with van der Waals surface area (Å²) in [4.78, 5) is 2.59. The lowest BCUT2D eigenvalue weighted by Crippen LogP contribution is -2.55. The van der Waals surface area contributed by atoms with E-state index in [1.54, 1.807) is 11.1 Å². The molecule has 53 heavy (non-hydrogen) atoms. The average molecular weight is 690 g/mol. The van der Waals surface area contributed by atoms with Crippen LogP contribution >= 0.6 is 0 Å². The Balaban J connectivity index is 1.10. The predicted molar refractivity (Wildman–Crippen MR) is 223 cm³/mol. The number of hydrogen-bond donors (Lipinski definition) is 0. The van der Waals surface area contributed by atoms with Gasteiger partial charge in [-0.25, -0.2) is 0 Å². The molecule has 6 aliphatic rings. The molecule has 264 valence electrons. The minimum Gasteiger partial charge on any atom is -0.309 e. The molecule has 0 N–H and O–H groups in total. The van der Waals surface area contributed by atoms with Gasteiger partial charge in [0.1, 0.15) is 0 Å². The van der Waals surface area contributed by atoms with Gasteiger partial charge in [0.05, 0.1) is 11.4 Å². The molecule has 1 heteroatoms. The Morgan fingerprint density at radius 3 is 1.87 bits per heavy atom. The van der Waals surface area contributed by atoms with Gasteiger partial charge in [0.25, 0.3) is 0 Å². The Labute approximate surface area is 316 Å². The second kappa shape index (κ2) is 11.2. The van der Waals surface area contributed by atoms with E-state index < -0.39 is 0 Å². The van der Waals surface area contributed by atoms with Crippen molar-refractivity contribution in [3.8, 4) is 22.3 Å². The maximum absolute atomic E-state index is 2.59. The first-order chi connectivity index (χ1) is 25.7. The SMILES string of the molecule is CC1(C)CCC(C)(C)c2cc(-c3ccc(N(c4cccc5c4-c4ccccc4C54C5CC6CC(C5)CC4C6)c4cccc5ccccc45)cc3)ccc21. The lowest BCUT2D eigenvalue weighted by atomic mass is 9.43. The van der Waals surface area contributed by atoms with Gasteiger partial charge in [-0.3, -0.25) is 0 Å². The van der Waals surface area contributed by atoms with Crippen LogP contribution in [0.15, 0.2) is 127 Å². The van der Waals surface area contributed by atoms with Gasteiger partial charge in [-0.1, -0.05) is 131 Å². The molecule has 4 saturated carbocycles. The number of hydrogen-bond acceptors (Lipinski definition) is 1. The van der Waals surface area contributed by atoms with E-state index in [2.05, 4.69) is 160 Å². The highest BCUT2D eigenvalue weighted by molar-refractivity contribution is 6.03. The molecule has 6 aliphatic carbocycles. The van der Waals surface area contributed by atoms with Crippen LogP contribution in [0, 0.1) is 23.7 Å². The Kier molecular flexibility index (Phi) is 6.74. The van der Waals surface area contributed by atoms with Crippen molar-refractivity contribution in [1.29, 1.82) is 0 Å². The Hall–Kier alpha value is -4.62. The normalized spacial score (nSPS) is 26.7. The van der Waals surface area contributed by atoms with Crippen LogP contribution in [0.4, 0.5) is 17.1 Å². The first-order valence-corrected chi connectivity index (χ1v) is 20.5. The molecule has 4 bridgehead atoms. The molecule has 0 saturated heterocycles. The highest BCUT2D eigenvalue weighted by Crippen LogP contribution is 2.70. The van der Waals surface area contributed by atoms with Crippen LogP contribution in [0.5, 0.6) is 0 Å². The molecule has 0 aromatic heterocycles. The molecule has 6 aromatic carbocycles. The second-order valence-electron chi connectivity index (χ2n) is 18.8. The fourth-order valence-electron chi connectivity index (χ4n) is 12.8. The van der Waals surface area contributed by atoms with Crippen LogP contribution in [0.3, 0.4) is 0 Å². The first kappa shape index (κ1) is 31.9. The molecular formula is C52H51N. The Morgan fingerprint density at radius 2 is 1.09 bits per heavy atom. The molecule has 0 aliphatic heterocycles. The van der Waals surface area contributed by atoms with E-state index in [4.69, 9.17) is 0 Å². The third kappa shape index (κ3) is 4.49. The van der Waals surface area contributed by atoms with E-state index in [1.165, 1.54) is 106 Å². The summed E-state index contributed by atoms with van der Waals surface area (Å²) in [5, 5.41) is 2.56. The number of rotatable bonds is 4. The van der Waals surface area contributed by atoms with Crippen molar-refractivity contribution >= 4 is 27.8 Å². The van der Waals surface area contributed by atoms with Crippen molar-refractivity contribution in [3.05, 3.63) is 150 Å². The van der Waals surface area contributed by atoms with Gasteiger partial charge in [-0.05, 0) is 148 Å². The van der Waals surface area contributed by atoms with Gasteiger partial charge in [-0.2, -0.15) is 0 Å². The largest absolute Gasteiger partial charge is 0.309 e. The van der Waals surface area contributed by atoms with Gasteiger partial charge < -0.3 is 4.90 Å². The molecule has 0 radical (unpaired) electrons. The lowest BCUT2D eigenvalue weighted by molar-refractivity contribution is -0.0399. The van der Waals surface area contributed by atoms with Crippen molar-refractivity contribution in [2.24, 2.45) is 23.7 Å². The van der Waals surface area contributed by atoms with Crippen LogP contribution in [0.2, 0.25) is 0 Å². The second-order valence-corrected chi connectivity index (χ2v) is 18.8. The zero-order chi connectivity index (χ0) is 35.7. The molecular weight excluding hydrogens is 639 g/mol. The summed E-state index contributed by atoms with van der Waals surface area (Å²) < 4.78 is 0. The van der Waals surface area contributed by atoms with Crippen LogP contribution in [0.1, 0.15) is 94.9 Å². The summed E-state index contributed by atoms with van der Waals surface area (Å²) >= 11 is 0. The molecule has 0 unspecified atom stereocenters. The zero-order valence-corrected chi connectivity index (χ0v) is 31.8. The van der Waals surface area contributed by atoms with Gasteiger partial charge in [0.2, 0.25) is 0 Å². The Morgan fingerprint density at radius 1 is 0.491 bits per heavy atom. The summed E-state index contributed by atoms with van der Waals surface area (Å²) in [6.45, 7) is 9.70. The standard InChI is InChI=1S/C52H51N/c1-50(2)25-26-51(3,4)46-32-37(21-24-44(46)50)35-19-22-40(23-20-35)53(47-17-9-12-36-11-5-6-13-41(36)47)48-18-10-16-45-49(48)42-14-7-8-15-43(42)52(45)38-28-33-27-34(30-38)31-39(52)29-33/h5-24,32-34,38-39H,25-31H2,1-4H3. The van der Waals surface area contributed by atoms with E-state index in [-0.39, 0.29) is 16.2 Å². The summed E-state index contributed by atoms with van der Waals surface area (Å²) in [7, 11) is 0. The van der Waals surface area contributed by atoms with Crippen molar-refractivity contribution < 1.29 is 0 Å². The highest BCUT2D eigenvalue weighted by atomic mass is 15.1. The van der Waals surface area contributed by atoms with E-state index in [0.717, 1.165) is 23.7 Å². The minimum atomic E-state index is 0.137. The quantitative estimate of drug-likeness (QED) is 0.178. The van der Waals surface area contributed by atoms with Crippen molar-refractivity contribution in [3.63, 3.8) is 0 Å². The third-order valence-electron chi connectivity index (χ3n) is 15.1. The van der Waals surface area contributed by atoms with E-state index in [1.807, 2.05) is 0 Å². The highest BCUT2D eigenvalue weighted by Gasteiger charge is 2.61. The van der Waals surface area contributed by atoms with Crippen molar-refractivity contribution in [2.75, 3.05) is 4.90 Å². The lowest BCUT2D eigenvalue weighted by Gasteiger charge is -2.61. The van der Waals surface area contributed by atoms with E-state index in [9.17, 15) is 0 Å². The van der Waals surface area contributed by atoms with Crippen LogP contribution in [0.25, 0.3) is 33.0 Å². The van der Waals surface area contributed by atoms with Gasteiger partial charge in [-0.15, -0.1) is 0 Å². The van der Waals surface area contributed by atoms with Crippen LogP contribution < -0.4 is 4.90 Å². The average Bonchev–Trinajstić information content (AvgIpc) is 3.47. The number of nitrogens with zero attached hydrogens (tertiary/aromatic N) is 1. The van der Waals surface area contributed by atoms with Gasteiger partial charge in [0.15, 0.2) is 0 Å². The first-order valence-electron chi connectivity index (χ1n) is 20.5. The summed E-state index contributed by atoms with van der Waals surface area (Å²) in [6.07, 6.45) is 9.54. The zero-order valence-electron chi connectivity index (χ0n) is 31.8. The molecule has 0 amide bonds. The fourth-order valence-corrected chi connectivity index (χ4v) is 12.8. The molecule has 12 rings (SSSR count). The summed E-state index contributed by atoms with van der Waals surface area (Å²) in [5.41, 5.74) is 16.1. The molecule has 4 fully saturated rings. The van der Waals surface area contributed by atoms with Crippen molar-refractivity contribution in [1.82, 2.24) is 0 Å². The van der Waals surface area contributed by atoms with Gasteiger partial charge >= 0.3 is 0 Å². The van der Waals surface area contributed by atoms with Gasteiger partial charge in [0, 0.05) is 22.1 Å². The Bertz CT molecular complexity index is 2390. The maximum atomic E-state index is 2.59. The molecule has 0 heterocycles. The van der Waals surface area contributed by atoms with E-state index in [0.29, 0.717) is 0 Å². The van der Waals surface area contributed by atoms with Crippen LogP contribution in [-0.2, 0) is 16.2 Å². The van der Waals surface area contributed by atoms with Crippen LogP contribution in [-0.4, -0.2) is 0 Å². The topological polar surface area (TPSA) is 3.24 Å². The summed E-state index contributed by atoms with van der Waals surface area (Å²) in [6, 6.07) is 49.4. The molecule has 1 nitrogen and oxygen atoms in total. The monoisotopic (exact) mass is 689 g/mol. The third-order valence-corrected chi connectivity index (χ3v) is 15.1. The molecule has 6 aromatic rings. The number of fused-ring (bicyclic) bond motifs is 5. The minimum absolute atomic E-state index is 0.137. The molecule has 1 spiro atoms. The predicted octanol–water partition coefficient (Wildman–Crippen LogP) is 14.0.